The minimum atomic E-state index is 0.967. The molecule has 1 aromatic heterocycles. The van der Waals surface area contributed by atoms with Crippen LogP contribution in [0.25, 0.3) is 10.2 Å². The Kier molecular flexibility index (Phi) is 1.12. The van der Waals surface area contributed by atoms with E-state index in [1.807, 2.05) is 23.9 Å². The lowest BCUT2D eigenvalue weighted by Crippen LogP contribution is -1.78. The molecule has 12 heavy (non-hydrogen) atoms. The summed E-state index contributed by atoms with van der Waals surface area (Å²) in [7, 11) is 0. The van der Waals surface area contributed by atoms with Gasteiger partial charge in [-0.15, -0.1) is 11.3 Å². The first kappa shape index (κ1) is 6.31. The molecule has 0 radical (unpaired) electrons. The Hall–Kier alpha value is -1.22. The first-order valence-corrected chi connectivity index (χ1v) is 4.71. The molecule has 2 nitrogen and oxygen atoms in total. The monoisotopic (exact) mass is 174 g/mol. The van der Waals surface area contributed by atoms with Gasteiger partial charge in [-0.05, 0) is 12.1 Å². The average Bonchev–Trinajstić information content (AvgIpc) is 2.71. The summed E-state index contributed by atoms with van der Waals surface area (Å²) in [4.78, 5) is 8.54. The second-order valence-corrected chi connectivity index (χ2v) is 3.63. The van der Waals surface area contributed by atoms with Crippen molar-refractivity contribution in [1.82, 2.24) is 4.98 Å². The first-order valence-electron chi connectivity index (χ1n) is 3.83. The van der Waals surface area contributed by atoms with Crippen molar-refractivity contribution in [1.29, 1.82) is 0 Å². The summed E-state index contributed by atoms with van der Waals surface area (Å²) in [6.07, 6.45) is 2.93. The number of aliphatic imine (C=N–C) groups is 1. The van der Waals surface area contributed by atoms with Crippen LogP contribution in [0.1, 0.15) is 5.56 Å². The molecule has 0 unspecified atom stereocenters. The molecular formula is C9H6N2S. The quantitative estimate of drug-likeness (QED) is 0.602. The van der Waals surface area contributed by atoms with Crippen LogP contribution in [0.4, 0.5) is 5.69 Å². The molecule has 1 aliphatic heterocycles. The summed E-state index contributed by atoms with van der Waals surface area (Å²) in [5.41, 5.74) is 5.45. The zero-order chi connectivity index (χ0) is 7.97. The summed E-state index contributed by atoms with van der Waals surface area (Å²) in [6.45, 7) is 0. The van der Waals surface area contributed by atoms with Gasteiger partial charge in [-0.2, -0.15) is 0 Å². The highest BCUT2D eigenvalue weighted by atomic mass is 32.1. The van der Waals surface area contributed by atoms with Crippen molar-refractivity contribution >= 4 is 33.5 Å². The minimum Gasteiger partial charge on any atom is -0.261 e. The number of hydrogen-bond donors (Lipinski definition) is 0. The normalized spacial score (nSPS) is 14.0. The van der Waals surface area contributed by atoms with E-state index >= 15 is 0 Å². The van der Waals surface area contributed by atoms with Gasteiger partial charge in [0.1, 0.15) is 0 Å². The summed E-state index contributed by atoms with van der Waals surface area (Å²) in [5.74, 6) is 0. The first-order chi connectivity index (χ1) is 5.95. The number of benzene rings is 1. The lowest BCUT2D eigenvalue weighted by molar-refractivity contribution is 1.44. The SMILES string of the molecule is C1=Nc2ccc3ncsc3c2C1. The van der Waals surface area contributed by atoms with E-state index in [9.17, 15) is 0 Å². The Balaban J connectivity index is 2.49. The van der Waals surface area contributed by atoms with Crippen LogP contribution < -0.4 is 0 Å². The topological polar surface area (TPSA) is 25.2 Å². The highest BCUT2D eigenvalue weighted by Gasteiger charge is 2.11. The van der Waals surface area contributed by atoms with Gasteiger partial charge in [0.25, 0.3) is 0 Å². The molecule has 0 spiro atoms. The van der Waals surface area contributed by atoms with Crippen LogP contribution in [-0.2, 0) is 6.42 Å². The third-order valence-electron chi connectivity index (χ3n) is 2.10. The molecule has 0 N–H and O–H groups in total. The van der Waals surface area contributed by atoms with E-state index in [2.05, 4.69) is 9.98 Å². The average molecular weight is 174 g/mol. The molecule has 0 amide bonds. The molecule has 58 valence electrons. The largest absolute Gasteiger partial charge is 0.261 e. The third kappa shape index (κ3) is 0.689. The Morgan fingerprint density at radius 1 is 1.33 bits per heavy atom. The van der Waals surface area contributed by atoms with Gasteiger partial charge in [0.2, 0.25) is 0 Å². The zero-order valence-electron chi connectivity index (χ0n) is 6.32. The van der Waals surface area contributed by atoms with Gasteiger partial charge in [-0.3, -0.25) is 4.99 Å². The fourth-order valence-corrected chi connectivity index (χ4v) is 2.37. The highest BCUT2D eigenvalue weighted by molar-refractivity contribution is 7.17. The standard InChI is InChI=1S/C9H6N2S/c1-2-8-9(12-5-11-8)6-3-4-10-7(1)6/h1-2,4-5H,3H2. The number of thiazole rings is 1. The Morgan fingerprint density at radius 3 is 3.33 bits per heavy atom. The van der Waals surface area contributed by atoms with E-state index in [-0.39, 0.29) is 0 Å². The number of nitrogens with zero attached hydrogens (tertiary/aromatic N) is 2. The maximum absolute atomic E-state index is 4.28. The molecule has 0 saturated carbocycles. The molecule has 1 aliphatic rings. The van der Waals surface area contributed by atoms with Crippen LogP contribution in [-0.4, -0.2) is 11.2 Å². The van der Waals surface area contributed by atoms with Gasteiger partial charge in [0.15, 0.2) is 0 Å². The molecule has 3 rings (SSSR count). The van der Waals surface area contributed by atoms with Crippen LogP contribution in [0.3, 0.4) is 0 Å². The molecule has 2 aromatic rings. The zero-order valence-corrected chi connectivity index (χ0v) is 7.14. The predicted molar refractivity (Wildman–Crippen MR) is 51.5 cm³/mol. The third-order valence-corrected chi connectivity index (χ3v) is 3.01. The van der Waals surface area contributed by atoms with Crippen molar-refractivity contribution in [2.45, 2.75) is 6.42 Å². The lowest BCUT2D eigenvalue weighted by Gasteiger charge is -1.96. The molecule has 0 saturated heterocycles. The van der Waals surface area contributed by atoms with Crippen molar-refractivity contribution in [3.05, 3.63) is 23.2 Å². The van der Waals surface area contributed by atoms with E-state index in [0.717, 1.165) is 17.6 Å². The van der Waals surface area contributed by atoms with Gasteiger partial charge in [0.05, 0.1) is 21.4 Å². The molecule has 0 bridgehead atoms. The Bertz CT molecular complexity index is 470. The summed E-state index contributed by atoms with van der Waals surface area (Å²) >= 11 is 1.70. The van der Waals surface area contributed by atoms with Gasteiger partial charge in [-0.1, -0.05) is 0 Å². The molecule has 0 atom stereocenters. The van der Waals surface area contributed by atoms with Crippen molar-refractivity contribution in [2.24, 2.45) is 4.99 Å². The number of rotatable bonds is 0. The van der Waals surface area contributed by atoms with E-state index in [1.54, 1.807) is 11.3 Å². The van der Waals surface area contributed by atoms with Gasteiger partial charge >= 0.3 is 0 Å². The van der Waals surface area contributed by atoms with Crippen molar-refractivity contribution in [2.75, 3.05) is 0 Å². The van der Waals surface area contributed by atoms with Crippen molar-refractivity contribution < 1.29 is 0 Å². The van der Waals surface area contributed by atoms with E-state index < -0.39 is 0 Å². The predicted octanol–water partition coefficient (Wildman–Crippen LogP) is 2.55. The molecule has 3 heteroatoms. The van der Waals surface area contributed by atoms with Crippen LogP contribution in [0.2, 0.25) is 0 Å². The van der Waals surface area contributed by atoms with E-state index in [1.165, 1.54) is 10.3 Å². The van der Waals surface area contributed by atoms with E-state index in [4.69, 9.17) is 0 Å². The number of aromatic nitrogens is 1. The Labute approximate surface area is 73.6 Å². The molecular weight excluding hydrogens is 168 g/mol. The molecule has 2 heterocycles. The number of hydrogen-bond acceptors (Lipinski definition) is 3. The highest BCUT2D eigenvalue weighted by Crippen LogP contribution is 2.33. The second-order valence-electron chi connectivity index (χ2n) is 2.78. The van der Waals surface area contributed by atoms with Gasteiger partial charge < -0.3 is 0 Å². The van der Waals surface area contributed by atoms with Gasteiger partial charge in [-0.25, -0.2) is 4.98 Å². The summed E-state index contributed by atoms with van der Waals surface area (Å²) < 4.78 is 1.30. The van der Waals surface area contributed by atoms with Crippen LogP contribution >= 0.6 is 11.3 Å². The lowest BCUT2D eigenvalue weighted by atomic mass is 10.1. The smallest absolute Gasteiger partial charge is 0.0816 e. The van der Waals surface area contributed by atoms with Crippen LogP contribution in [0, 0.1) is 0 Å². The Morgan fingerprint density at radius 2 is 2.33 bits per heavy atom. The maximum Gasteiger partial charge on any atom is 0.0816 e. The summed E-state index contributed by atoms with van der Waals surface area (Å²) in [6, 6.07) is 4.08. The fraction of sp³-hybridized carbons (Fsp3) is 0.111. The maximum atomic E-state index is 4.28. The van der Waals surface area contributed by atoms with Crippen molar-refractivity contribution in [3.63, 3.8) is 0 Å². The minimum absolute atomic E-state index is 0.967. The molecule has 1 aromatic carbocycles. The molecule has 0 aliphatic carbocycles. The second kappa shape index (κ2) is 2.14. The van der Waals surface area contributed by atoms with Crippen LogP contribution in [0.15, 0.2) is 22.6 Å². The van der Waals surface area contributed by atoms with Gasteiger partial charge in [0, 0.05) is 18.2 Å². The summed E-state index contributed by atoms with van der Waals surface area (Å²) in [5, 5.41) is 0. The van der Waals surface area contributed by atoms with E-state index in [0.29, 0.717) is 0 Å². The van der Waals surface area contributed by atoms with Crippen molar-refractivity contribution in [3.8, 4) is 0 Å². The van der Waals surface area contributed by atoms with Crippen LogP contribution in [0.5, 0.6) is 0 Å². The number of fused-ring (bicyclic) bond motifs is 3. The fourth-order valence-electron chi connectivity index (χ4n) is 1.53. The molecule has 0 fully saturated rings.